The molecule has 0 saturated carbocycles. The summed E-state index contributed by atoms with van der Waals surface area (Å²) in [4.78, 5) is 28.1. The Balaban J connectivity index is 2.26. The Morgan fingerprint density at radius 3 is 2.06 bits per heavy atom. The average Bonchev–Trinajstić information content (AvgIpc) is 2.79. The van der Waals surface area contributed by atoms with E-state index < -0.39 is 6.04 Å². The van der Waals surface area contributed by atoms with Gasteiger partial charge in [-0.15, -0.1) is 0 Å². The molecule has 33 heavy (non-hydrogen) atoms. The Kier molecular flexibility index (Phi) is 10.7. The van der Waals surface area contributed by atoms with Gasteiger partial charge in [-0.05, 0) is 55.4 Å². The fraction of sp³-hybridized carbons (Fsp3) is 0.481. The van der Waals surface area contributed by atoms with Crippen LogP contribution in [-0.4, -0.2) is 28.8 Å². The van der Waals surface area contributed by atoms with Crippen molar-refractivity contribution in [3.8, 4) is 0 Å². The highest BCUT2D eigenvalue weighted by Crippen LogP contribution is 2.27. The molecule has 1 N–H and O–H groups in total. The van der Waals surface area contributed by atoms with Crippen molar-refractivity contribution in [3.05, 3.63) is 69.2 Å². The molecule has 0 bridgehead atoms. The summed E-state index contributed by atoms with van der Waals surface area (Å²) < 4.78 is 0. The smallest absolute Gasteiger partial charge is 0.243 e. The number of carbonyl (C=O) groups is 2. The fourth-order valence-corrected chi connectivity index (χ4v) is 4.20. The number of benzene rings is 2. The molecule has 0 saturated heterocycles. The fourth-order valence-electron chi connectivity index (χ4n) is 3.68. The minimum atomic E-state index is -0.595. The van der Waals surface area contributed by atoms with Crippen LogP contribution in [0.5, 0.6) is 0 Å². The lowest BCUT2D eigenvalue weighted by atomic mass is 10.00. The van der Waals surface area contributed by atoms with Crippen LogP contribution in [0.15, 0.2) is 42.5 Å². The number of rotatable bonds is 11. The van der Waals surface area contributed by atoms with Crippen LogP contribution in [0.1, 0.15) is 76.5 Å². The maximum absolute atomic E-state index is 13.4. The van der Waals surface area contributed by atoms with Gasteiger partial charge in [-0.1, -0.05) is 81.2 Å². The normalized spacial score (nSPS) is 13.0. The molecule has 2 aromatic carbocycles. The number of carbonyl (C=O) groups excluding carboxylic acids is 2. The molecule has 0 fully saturated rings. The number of hydrogen-bond donors (Lipinski definition) is 1. The number of amides is 2. The molecule has 180 valence electrons. The molecule has 0 aliphatic heterocycles. The van der Waals surface area contributed by atoms with E-state index in [1.54, 1.807) is 23.1 Å². The Morgan fingerprint density at radius 2 is 1.55 bits per heavy atom. The van der Waals surface area contributed by atoms with Gasteiger partial charge < -0.3 is 10.2 Å². The number of nitrogens with one attached hydrogen (secondary N) is 1. The highest BCUT2D eigenvalue weighted by Gasteiger charge is 2.30. The number of nitrogens with zero attached hydrogens (tertiary/aromatic N) is 1. The van der Waals surface area contributed by atoms with Gasteiger partial charge in [0.25, 0.3) is 0 Å². The van der Waals surface area contributed by atoms with E-state index in [4.69, 9.17) is 23.2 Å². The minimum absolute atomic E-state index is 0.0341. The SMILES string of the molecule is CC[C@H](C)NC(=O)[C@H](CC)N(Cc1c(Cl)cccc1Cl)C(=O)CCc1ccc(C(C)C)cc1. The van der Waals surface area contributed by atoms with Crippen molar-refractivity contribution in [1.29, 1.82) is 0 Å². The molecule has 0 aliphatic rings. The second-order valence-corrected chi connectivity index (χ2v) is 9.67. The topological polar surface area (TPSA) is 49.4 Å². The third-order valence-electron chi connectivity index (χ3n) is 6.05. The quantitative estimate of drug-likeness (QED) is 0.377. The van der Waals surface area contributed by atoms with Crippen molar-refractivity contribution in [3.63, 3.8) is 0 Å². The van der Waals surface area contributed by atoms with E-state index in [0.717, 1.165) is 12.0 Å². The third kappa shape index (κ3) is 7.75. The summed E-state index contributed by atoms with van der Waals surface area (Å²) in [6.45, 7) is 10.4. The van der Waals surface area contributed by atoms with Crippen LogP contribution in [0.4, 0.5) is 0 Å². The van der Waals surface area contributed by atoms with Crippen LogP contribution in [0.3, 0.4) is 0 Å². The lowest BCUT2D eigenvalue weighted by Crippen LogP contribution is -2.50. The van der Waals surface area contributed by atoms with E-state index in [1.165, 1.54) is 5.56 Å². The number of hydrogen-bond acceptors (Lipinski definition) is 2. The van der Waals surface area contributed by atoms with E-state index in [0.29, 0.717) is 40.8 Å². The summed E-state index contributed by atoms with van der Waals surface area (Å²) in [5, 5.41) is 4.00. The van der Waals surface area contributed by atoms with Gasteiger partial charge in [-0.25, -0.2) is 0 Å². The second-order valence-electron chi connectivity index (χ2n) is 8.86. The molecular formula is C27H36Cl2N2O2. The monoisotopic (exact) mass is 490 g/mol. The first-order chi connectivity index (χ1) is 15.7. The van der Waals surface area contributed by atoms with Crippen LogP contribution in [-0.2, 0) is 22.6 Å². The van der Waals surface area contributed by atoms with E-state index >= 15 is 0 Å². The Morgan fingerprint density at radius 1 is 0.939 bits per heavy atom. The van der Waals surface area contributed by atoms with Gasteiger partial charge in [-0.2, -0.15) is 0 Å². The van der Waals surface area contributed by atoms with Gasteiger partial charge in [0, 0.05) is 34.6 Å². The van der Waals surface area contributed by atoms with Crippen molar-refractivity contribution in [2.45, 2.75) is 84.8 Å². The molecule has 2 amide bonds. The van der Waals surface area contributed by atoms with Crippen molar-refractivity contribution >= 4 is 35.0 Å². The highest BCUT2D eigenvalue weighted by molar-refractivity contribution is 6.36. The average molecular weight is 492 g/mol. The van der Waals surface area contributed by atoms with Crippen LogP contribution in [0.25, 0.3) is 0 Å². The molecule has 0 radical (unpaired) electrons. The summed E-state index contributed by atoms with van der Waals surface area (Å²) in [6, 6.07) is 13.1. The molecule has 2 aromatic rings. The summed E-state index contributed by atoms with van der Waals surface area (Å²) in [5.41, 5.74) is 3.03. The van der Waals surface area contributed by atoms with Gasteiger partial charge in [-0.3, -0.25) is 9.59 Å². The van der Waals surface area contributed by atoms with E-state index in [2.05, 4.69) is 43.4 Å². The van der Waals surface area contributed by atoms with Crippen molar-refractivity contribution < 1.29 is 9.59 Å². The zero-order valence-electron chi connectivity index (χ0n) is 20.3. The zero-order valence-corrected chi connectivity index (χ0v) is 21.8. The molecule has 2 rings (SSSR count). The van der Waals surface area contributed by atoms with Gasteiger partial charge in [0.2, 0.25) is 11.8 Å². The molecule has 4 nitrogen and oxygen atoms in total. The van der Waals surface area contributed by atoms with Crippen LogP contribution in [0, 0.1) is 0 Å². The number of halogens is 2. The predicted molar refractivity (Wildman–Crippen MR) is 138 cm³/mol. The molecule has 0 aromatic heterocycles. The first-order valence-corrected chi connectivity index (χ1v) is 12.5. The minimum Gasteiger partial charge on any atom is -0.352 e. The standard InChI is InChI=1S/C27H36Cl2N2O2/c1-6-19(5)30-27(33)25(7-2)31(17-22-23(28)9-8-10-24(22)29)26(32)16-13-20-11-14-21(15-12-20)18(3)4/h8-12,14-15,18-19,25H,6-7,13,16-17H2,1-5H3,(H,30,33)/t19-,25-/m0/s1. The zero-order chi connectivity index (χ0) is 24.5. The molecule has 0 spiro atoms. The lowest BCUT2D eigenvalue weighted by Gasteiger charge is -2.32. The Hall–Kier alpha value is -2.04. The maximum atomic E-state index is 13.4. The Bertz CT molecular complexity index is 908. The highest BCUT2D eigenvalue weighted by atomic mass is 35.5. The van der Waals surface area contributed by atoms with Crippen LogP contribution < -0.4 is 5.32 Å². The molecule has 0 heterocycles. The second kappa shape index (κ2) is 13.0. The Labute approximate surface area is 208 Å². The third-order valence-corrected chi connectivity index (χ3v) is 6.76. The summed E-state index contributed by atoms with van der Waals surface area (Å²) in [6.07, 6.45) is 2.22. The van der Waals surface area contributed by atoms with E-state index in [1.807, 2.05) is 20.8 Å². The lowest BCUT2D eigenvalue weighted by molar-refractivity contribution is -0.141. The molecule has 0 unspecified atom stereocenters. The molecule has 6 heteroatoms. The molecular weight excluding hydrogens is 455 g/mol. The van der Waals surface area contributed by atoms with Crippen LogP contribution in [0.2, 0.25) is 10.0 Å². The van der Waals surface area contributed by atoms with E-state index in [9.17, 15) is 9.59 Å². The largest absolute Gasteiger partial charge is 0.352 e. The first kappa shape index (κ1) is 27.2. The van der Waals surface area contributed by atoms with Crippen molar-refractivity contribution in [2.75, 3.05) is 0 Å². The van der Waals surface area contributed by atoms with Gasteiger partial charge in [0.15, 0.2) is 0 Å². The molecule has 0 aliphatic carbocycles. The predicted octanol–water partition coefficient (Wildman–Crippen LogP) is 6.77. The first-order valence-electron chi connectivity index (χ1n) is 11.8. The van der Waals surface area contributed by atoms with Crippen molar-refractivity contribution in [1.82, 2.24) is 10.2 Å². The van der Waals surface area contributed by atoms with Gasteiger partial charge >= 0.3 is 0 Å². The van der Waals surface area contributed by atoms with E-state index in [-0.39, 0.29) is 24.4 Å². The summed E-state index contributed by atoms with van der Waals surface area (Å²) >= 11 is 12.8. The van der Waals surface area contributed by atoms with Gasteiger partial charge in [0.05, 0.1) is 0 Å². The summed E-state index contributed by atoms with van der Waals surface area (Å²) in [7, 11) is 0. The number of aryl methyl sites for hydroxylation is 1. The molecule has 2 atom stereocenters. The van der Waals surface area contributed by atoms with Crippen LogP contribution >= 0.6 is 23.2 Å². The van der Waals surface area contributed by atoms with Gasteiger partial charge in [0.1, 0.15) is 6.04 Å². The summed E-state index contributed by atoms with van der Waals surface area (Å²) in [5.74, 6) is 0.223. The maximum Gasteiger partial charge on any atom is 0.243 e. The van der Waals surface area contributed by atoms with Crippen molar-refractivity contribution in [2.24, 2.45) is 0 Å².